The van der Waals surface area contributed by atoms with Crippen molar-refractivity contribution in [2.24, 2.45) is 5.10 Å². The van der Waals surface area contributed by atoms with Crippen LogP contribution in [0.2, 0.25) is 0 Å². The van der Waals surface area contributed by atoms with E-state index in [0.717, 1.165) is 0 Å². The SMILES string of the molecule is CC[C@H]1O[C@@H](NC(=S)N/N=C/c2ccccc2[N+](=O)[O-])[C@H](O)[C@@H](O)[C@@H]1O. The summed E-state index contributed by atoms with van der Waals surface area (Å²) in [5.74, 6) is 0. The highest BCUT2D eigenvalue weighted by Crippen LogP contribution is 2.21. The fraction of sp³-hybridized carbons (Fsp3) is 0.467. The molecule has 1 heterocycles. The first-order valence-electron chi connectivity index (χ1n) is 7.87. The highest BCUT2D eigenvalue weighted by Gasteiger charge is 2.43. The minimum absolute atomic E-state index is 0.0256. The number of thiocarbonyl (C=S) groups is 1. The van der Waals surface area contributed by atoms with Gasteiger partial charge in [0.05, 0.1) is 22.8 Å². The molecule has 142 valence electrons. The largest absolute Gasteiger partial charge is 0.388 e. The molecule has 0 unspecified atom stereocenters. The number of nitro benzene ring substituents is 1. The van der Waals surface area contributed by atoms with Gasteiger partial charge in [-0.15, -0.1) is 0 Å². The van der Waals surface area contributed by atoms with Crippen LogP contribution in [0.25, 0.3) is 0 Å². The van der Waals surface area contributed by atoms with E-state index in [4.69, 9.17) is 17.0 Å². The van der Waals surface area contributed by atoms with Crippen LogP contribution in [-0.4, -0.2) is 62.2 Å². The quantitative estimate of drug-likeness (QED) is 0.198. The van der Waals surface area contributed by atoms with E-state index >= 15 is 0 Å². The number of benzene rings is 1. The Kier molecular flexibility index (Phi) is 6.94. The molecule has 1 saturated heterocycles. The number of nitro groups is 1. The minimum atomic E-state index is -1.40. The zero-order valence-corrected chi connectivity index (χ0v) is 14.7. The minimum Gasteiger partial charge on any atom is -0.388 e. The summed E-state index contributed by atoms with van der Waals surface area (Å²) in [7, 11) is 0. The van der Waals surface area contributed by atoms with E-state index in [0.29, 0.717) is 6.42 Å². The molecule has 10 nitrogen and oxygen atoms in total. The Balaban J connectivity index is 1.95. The van der Waals surface area contributed by atoms with Gasteiger partial charge in [-0.05, 0) is 24.7 Å². The van der Waals surface area contributed by atoms with Gasteiger partial charge in [0, 0.05) is 6.07 Å². The number of aliphatic hydroxyl groups is 3. The number of nitrogens with zero attached hydrogens (tertiary/aromatic N) is 2. The third-order valence-electron chi connectivity index (χ3n) is 3.89. The lowest BCUT2D eigenvalue weighted by molar-refractivity contribution is -0.385. The highest BCUT2D eigenvalue weighted by atomic mass is 32.1. The average Bonchev–Trinajstić information content (AvgIpc) is 2.62. The fourth-order valence-corrected chi connectivity index (χ4v) is 2.66. The molecule has 1 aliphatic rings. The van der Waals surface area contributed by atoms with Crippen molar-refractivity contribution in [1.82, 2.24) is 10.7 Å². The highest BCUT2D eigenvalue weighted by molar-refractivity contribution is 7.80. The van der Waals surface area contributed by atoms with Gasteiger partial charge in [0.1, 0.15) is 18.3 Å². The lowest BCUT2D eigenvalue weighted by Gasteiger charge is -2.40. The number of hydrogen-bond acceptors (Lipinski definition) is 8. The predicted octanol–water partition coefficient (Wildman–Crippen LogP) is -0.390. The molecule has 0 bridgehead atoms. The fourth-order valence-electron chi connectivity index (χ4n) is 2.49. The summed E-state index contributed by atoms with van der Waals surface area (Å²) in [6.07, 6.45) is -4.03. The Morgan fingerprint density at radius 1 is 1.35 bits per heavy atom. The zero-order chi connectivity index (χ0) is 19.3. The Bertz CT molecular complexity index is 686. The first kappa shape index (κ1) is 20.1. The molecule has 0 aliphatic carbocycles. The van der Waals surface area contributed by atoms with Crippen LogP contribution >= 0.6 is 12.2 Å². The summed E-state index contributed by atoms with van der Waals surface area (Å²) < 4.78 is 5.48. The Hall–Kier alpha value is -2.18. The van der Waals surface area contributed by atoms with Gasteiger partial charge in [-0.1, -0.05) is 19.1 Å². The summed E-state index contributed by atoms with van der Waals surface area (Å²) in [6.45, 7) is 1.77. The zero-order valence-electron chi connectivity index (χ0n) is 13.8. The molecular weight excluding hydrogens is 364 g/mol. The molecule has 1 aromatic carbocycles. The van der Waals surface area contributed by atoms with Gasteiger partial charge >= 0.3 is 0 Å². The maximum absolute atomic E-state index is 10.9. The molecule has 2 rings (SSSR count). The molecule has 0 spiro atoms. The van der Waals surface area contributed by atoms with E-state index in [-0.39, 0.29) is 16.4 Å². The van der Waals surface area contributed by atoms with Gasteiger partial charge in [-0.25, -0.2) is 0 Å². The molecule has 26 heavy (non-hydrogen) atoms. The Morgan fingerprint density at radius 2 is 2.04 bits per heavy atom. The average molecular weight is 384 g/mol. The third kappa shape index (κ3) is 4.71. The number of aliphatic hydroxyl groups excluding tert-OH is 3. The summed E-state index contributed by atoms with van der Waals surface area (Å²) in [4.78, 5) is 10.4. The summed E-state index contributed by atoms with van der Waals surface area (Å²) in [6, 6.07) is 6.05. The number of para-hydroxylation sites is 1. The van der Waals surface area contributed by atoms with Crippen LogP contribution in [0.4, 0.5) is 5.69 Å². The number of rotatable bonds is 5. The van der Waals surface area contributed by atoms with Gasteiger partial charge in [0.2, 0.25) is 0 Å². The van der Waals surface area contributed by atoms with Crippen molar-refractivity contribution in [2.75, 3.05) is 0 Å². The van der Waals surface area contributed by atoms with E-state index in [1.54, 1.807) is 19.1 Å². The molecule has 0 saturated carbocycles. The van der Waals surface area contributed by atoms with Gasteiger partial charge in [-0.3, -0.25) is 15.5 Å². The first-order chi connectivity index (χ1) is 12.3. The maximum atomic E-state index is 10.9. The van der Waals surface area contributed by atoms with E-state index < -0.39 is 35.6 Å². The van der Waals surface area contributed by atoms with Crippen molar-refractivity contribution in [3.63, 3.8) is 0 Å². The molecule has 0 radical (unpaired) electrons. The second-order valence-electron chi connectivity index (χ2n) is 5.63. The molecule has 0 aromatic heterocycles. The maximum Gasteiger partial charge on any atom is 0.278 e. The van der Waals surface area contributed by atoms with Crippen LogP contribution in [0.3, 0.4) is 0 Å². The molecule has 11 heteroatoms. The number of ether oxygens (including phenoxy) is 1. The van der Waals surface area contributed by atoms with Crippen molar-refractivity contribution in [3.05, 3.63) is 39.9 Å². The smallest absolute Gasteiger partial charge is 0.278 e. The second-order valence-corrected chi connectivity index (χ2v) is 6.04. The molecule has 5 N–H and O–H groups in total. The van der Waals surface area contributed by atoms with E-state index in [2.05, 4.69) is 15.8 Å². The van der Waals surface area contributed by atoms with Crippen molar-refractivity contribution >= 4 is 29.2 Å². The molecular formula is C15H20N4O6S. The van der Waals surface area contributed by atoms with Crippen molar-refractivity contribution < 1.29 is 25.0 Å². The standard InChI is InChI=1S/C15H20N4O6S/c1-2-10-11(20)12(21)13(22)14(25-10)17-15(26)18-16-7-8-5-3-4-6-9(8)19(23)24/h3-7,10-14,20-22H,2H2,1H3,(H2,17,18,26)/b16-7+/t10-,11-,12+,13-,14-/m1/s1. The molecule has 5 atom stereocenters. The Morgan fingerprint density at radius 3 is 2.69 bits per heavy atom. The van der Waals surface area contributed by atoms with Crippen LogP contribution in [0.1, 0.15) is 18.9 Å². The molecule has 1 aliphatic heterocycles. The van der Waals surface area contributed by atoms with E-state index in [9.17, 15) is 25.4 Å². The van der Waals surface area contributed by atoms with Crippen molar-refractivity contribution in [3.8, 4) is 0 Å². The van der Waals surface area contributed by atoms with Crippen LogP contribution in [0.15, 0.2) is 29.4 Å². The number of hydrazone groups is 1. The number of hydrogen-bond donors (Lipinski definition) is 5. The lowest BCUT2D eigenvalue weighted by atomic mass is 9.96. The van der Waals surface area contributed by atoms with Crippen LogP contribution < -0.4 is 10.7 Å². The summed E-state index contributed by atoms with van der Waals surface area (Å²) in [5, 5.41) is 47.0. The first-order valence-corrected chi connectivity index (χ1v) is 8.28. The van der Waals surface area contributed by atoms with Crippen molar-refractivity contribution in [2.45, 2.75) is 44.0 Å². The third-order valence-corrected chi connectivity index (χ3v) is 4.10. The van der Waals surface area contributed by atoms with E-state index in [1.165, 1.54) is 18.3 Å². The lowest BCUT2D eigenvalue weighted by Crippen LogP contribution is -2.62. The summed E-state index contributed by atoms with van der Waals surface area (Å²) >= 11 is 5.03. The van der Waals surface area contributed by atoms with Crippen LogP contribution in [0, 0.1) is 10.1 Å². The van der Waals surface area contributed by atoms with Gasteiger partial charge in [0.25, 0.3) is 5.69 Å². The van der Waals surface area contributed by atoms with Crippen molar-refractivity contribution in [1.29, 1.82) is 0 Å². The summed E-state index contributed by atoms with van der Waals surface area (Å²) in [5.41, 5.74) is 2.63. The Labute approximate surface area is 154 Å². The molecule has 1 aromatic rings. The number of nitrogens with one attached hydrogen (secondary N) is 2. The van der Waals surface area contributed by atoms with Crippen LogP contribution in [-0.2, 0) is 4.74 Å². The van der Waals surface area contributed by atoms with E-state index in [1.807, 2.05) is 0 Å². The second kappa shape index (κ2) is 8.96. The monoisotopic (exact) mass is 384 g/mol. The molecule has 1 fully saturated rings. The normalized spacial score (nSPS) is 28.7. The predicted molar refractivity (Wildman–Crippen MR) is 96.5 cm³/mol. The van der Waals surface area contributed by atoms with Gasteiger partial charge < -0.3 is 25.4 Å². The molecule has 0 amide bonds. The van der Waals surface area contributed by atoms with Gasteiger partial charge in [0.15, 0.2) is 11.3 Å². The van der Waals surface area contributed by atoms with Crippen LogP contribution in [0.5, 0.6) is 0 Å². The van der Waals surface area contributed by atoms with Gasteiger partial charge in [-0.2, -0.15) is 5.10 Å². The topological polar surface area (TPSA) is 149 Å².